The number of benzene rings is 2. The van der Waals surface area contributed by atoms with Crippen molar-refractivity contribution < 1.29 is 8.78 Å². The average Bonchev–Trinajstić information content (AvgIpc) is 2.58. The Morgan fingerprint density at radius 3 is 1.48 bits per heavy atom. The molecule has 0 unspecified atom stereocenters. The van der Waals surface area contributed by atoms with Crippen LogP contribution in [-0.2, 0) is 12.8 Å². The SMILES string of the molecule is FCCCCc1ccccc1Nc1ccccc1CCCCF. The van der Waals surface area contributed by atoms with E-state index < -0.39 is 0 Å². The van der Waals surface area contributed by atoms with Gasteiger partial charge in [0.1, 0.15) is 0 Å². The van der Waals surface area contributed by atoms with E-state index in [4.69, 9.17) is 0 Å². The highest BCUT2D eigenvalue weighted by atomic mass is 19.1. The molecule has 2 aromatic rings. The Bertz CT molecular complexity index is 532. The minimum absolute atomic E-state index is 0.257. The fourth-order valence-corrected chi connectivity index (χ4v) is 2.69. The van der Waals surface area contributed by atoms with Crippen LogP contribution in [0, 0.1) is 0 Å². The molecule has 0 amide bonds. The number of hydrogen-bond donors (Lipinski definition) is 1. The van der Waals surface area contributed by atoms with E-state index in [1.807, 2.05) is 24.3 Å². The predicted molar refractivity (Wildman–Crippen MR) is 94.0 cm³/mol. The average molecular weight is 317 g/mol. The number of rotatable bonds is 10. The van der Waals surface area contributed by atoms with Crippen LogP contribution in [0.4, 0.5) is 20.2 Å². The molecule has 2 rings (SSSR count). The standard InChI is InChI=1S/C20H25F2N/c21-15-7-5-11-17-9-1-3-13-19(17)23-20-14-4-2-10-18(20)12-6-8-16-22/h1-4,9-10,13-14,23H,5-8,11-12,15-16H2. The monoisotopic (exact) mass is 317 g/mol. The first-order valence-corrected chi connectivity index (χ1v) is 8.40. The molecule has 23 heavy (non-hydrogen) atoms. The summed E-state index contributed by atoms with van der Waals surface area (Å²) in [5.74, 6) is 0. The Hall–Kier alpha value is -1.90. The van der Waals surface area contributed by atoms with Gasteiger partial charge < -0.3 is 5.32 Å². The number of nitrogens with one attached hydrogen (secondary N) is 1. The van der Waals surface area contributed by atoms with Crippen molar-refractivity contribution in [2.75, 3.05) is 18.7 Å². The van der Waals surface area contributed by atoms with Crippen molar-refractivity contribution in [3.63, 3.8) is 0 Å². The third kappa shape index (κ3) is 5.66. The van der Waals surface area contributed by atoms with Crippen LogP contribution in [-0.4, -0.2) is 13.3 Å². The van der Waals surface area contributed by atoms with Crippen molar-refractivity contribution in [3.8, 4) is 0 Å². The van der Waals surface area contributed by atoms with Gasteiger partial charge in [0.25, 0.3) is 0 Å². The van der Waals surface area contributed by atoms with Crippen LogP contribution in [0.15, 0.2) is 48.5 Å². The molecule has 0 fully saturated rings. The lowest BCUT2D eigenvalue weighted by Crippen LogP contribution is -2.00. The van der Waals surface area contributed by atoms with Gasteiger partial charge in [-0.15, -0.1) is 0 Å². The number of unbranched alkanes of at least 4 members (excludes halogenated alkanes) is 2. The van der Waals surface area contributed by atoms with Crippen molar-refractivity contribution in [3.05, 3.63) is 59.7 Å². The van der Waals surface area contributed by atoms with Crippen molar-refractivity contribution in [2.45, 2.75) is 38.5 Å². The normalized spacial score (nSPS) is 10.7. The summed E-state index contributed by atoms with van der Waals surface area (Å²) >= 11 is 0. The number of para-hydroxylation sites is 2. The molecular formula is C20H25F2N. The Balaban J connectivity index is 2.09. The second-order valence-corrected chi connectivity index (χ2v) is 5.73. The lowest BCUT2D eigenvalue weighted by molar-refractivity contribution is 0.462. The molecule has 3 heteroatoms. The van der Waals surface area contributed by atoms with Crippen LogP contribution in [0.25, 0.3) is 0 Å². The second kappa shape index (κ2) is 9.98. The zero-order valence-corrected chi connectivity index (χ0v) is 13.5. The van der Waals surface area contributed by atoms with E-state index in [2.05, 4.69) is 29.6 Å². The van der Waals surface area contributed by atoms with Gasteiger partial charge in [-0.2, -0.15) is 0 Å². The molecule has 0 aromatic heterocycles. The Labute approximate surface area is 137 Å². The predicted octanol–water partition coefficient (Wildman–Crippen LogP) is 6.01. The summed E-state index contributed by atoms with van der Waals surface area (Å²) in [6, 6.07) is 16.3. The molecule has 0 spiro atoms. The fourth-order valence-electron chi connectivity index (χ4n) is 2.69. The molecule has 1 N–H and O–H groups in total. The van der Waals surface area contributed by atoms with Crippen molar-refractivity contribution in [1.82, 2.24) is 0 Å². The van der Waals surface area contributed by atoms with Gasteiger partial charge in [0, 0.05) is 11.4 Å². The van der Waals surface area contributed by atoms with E-state index in [9.17, 15) is 8.78 Å². The van der Waals surface area contributed by atoms with Crippen LogP contribution in [0.1, 0.15) is 36.8 Å². The van der Waals surface area contributed by atoms with Crippen molar-refractivity contribution in [1.29, 1.82) is 0 Å². The molecular weight excluding hydrogens is 292 g/mol. The van der Waals surface area contributed by atoms with Crippen LogP contribution >= 0.6 is 0 Å². The first-order chi connectivity index (χ1) is 11.3. The third-order valence-electron chi connectivity index (χ3n) is 3.96. The van der Waals surface area contributed by atoms with E-state index in [0.29, 0.717) is 12.8 Å². The maximum Gasteiger partial charge on any atom is 0.0894 e. The highest BCUT2D eigenvalue weighted by molar-refractivity contribution is 5.66. The molecule has 124 valence electrons. The molecule has 0 saturated heterocycles. The Morgan fingerprint density at radius 1 is 0.609 bits per heavy atom. The van der Waals surface area contributed by atoms with Crippen LogP contribution in [0.3, 0.4) is 0 Å². The Morgan fingerprint density at radius 2 is 1.04 bits per heavy atom. The maximum absolute atomic E-state index is 12.3. The molecule has 0 aliphatic carbocycles. The minimum atomic E-state index is -0.257. The van der Waals surface area contributed by atoms with E-state index in [1.165, 1.54) is 11.1 Å². The lowest BCUT2D eigenvalue weighted by Gasteiger charge is -2.15. The van der Waals surface area contributed by atoms with Gasteiger partial charge in [-0.05, 0) is 61.8 Å². The molecule has 0 heterocycles. The number of halogens is 2. The molecule has 0 aliphatic rings. The smallest absolute Gasteiger partial charge is 0.0894 e. The van der Waals surface area contributed by atoms with Gasteiger partial charge in [0.15, 0.2) is 0 Å². The fraction of sp³-hybridized carbons (Fsp3) is 0.400. The molecule has 0 aliphatic heterocycles. The summed E-state index contributed by atoms with van der Waals surface area (Å²) in [5, 5.41) is 3.51. The zero-order valence-electron chi connectivity index (χ0n) is 13.5. The van der Waals surface area contributed by atoms with Gasteiger partial charge in [-0.25, -0.2) is 0 Å². The van der Waals surface area contributed by atoms with Crippen LogP contribution in [0.5, 0.6) is 0 Å². The molecule has 0 atom stereocenters. The quantitative estimate of drug-likeness (QED) is 0.529. The van der Waals surface area contributed by atoms with E-state index in [0.717, 1.165) is 37.1 Å². The molecule has 0 radical (unpaired) electrons. The van der Waals surface area contributed by atoms with Gasteiger partial charge >= 0.3 is 0 Å². The summed E-state index contributed by atoms with van der Waals surface area (Å²) in [6.45, 7) is -0.514. The van der Waals surface area contributed by atoms with Crippen molar-refractivity contribution >= 4 is 11.4 Å². The van der Waals surface area contributed by atoms with Crippen molar-refractivity contribution in [2.24, 2.45) is 0 Å². The number of anilines is 2. The first-order valence-electron chi connectivity index (χ1n) is 8.40. The topological polar surface area (TPSA) is 12.0 Å². The second-order valence-electron chi connectivity index (χ2n) is 5.73. The molecule has 0 saturated carbocycles. The highest BCUT2D eigenvalue weighted by Gasteiger charge is 2.06. The summed E-state index contributed by atoms with van der Waals surface area (Å²) in [7, 11) is 0. The number of alkyl halides is 2. The molecule has 2 aromatic carbocycles. The summed E-state index contributed by atoms with van der Waals surface area (Å²) in [4.78, 5) is 0. The molecule has 0 bridgehead atoms. The Kier molecular flexibility index (Phi) is 7.58. The van der Waals surface area contributed by atoms with Gasteiger partial charge in [-0.1, -0.05) is 36.4 Å². The first kappa shape index (κ1) is 17.5. The summed E-state index contributed by atoms with van der Waals surface area (Å²) < 4.78 is 24.6. The largest absolute Gasteiger partial charge is 0.355 e. The zero-order chi connectivity index (χ0) is 16.3. The summed E-state index contributed by atoms with van der Waals surface area (Å²) in [5.41, 5.74) is 4.56. The lowest BCUT2D eigenvalue weighted by atomic mass is 10.0. The molecule has 1 nitrogen and oxygen atoms in total. The van der Waals surface area contributed by atoms with Crippen LogP contribution < -0.4 is 5.32 Å². The van der Waals surface area contributed by atoms with E-state index >= 15 is 0 Å². The van der Waals surface area contributed by atoms with Gasteiger partial charge in [0.2, 0.25) is 0 Å². The number of hydrogen-bond acceptors (Lipinski definition) is 1. The van der Waals surface area contributed by atoms with Gasteiger partial charge in [-0.3, -0.25) is 8.78 Å². The van der Waals surface area contributed by atoms with Gasteiger partial charge in [0.05, 0.1) is 13.3 Å². The van der Waals surface area contributed by atoms with E-state index in [1.54, 1.807) is 0 Å². The maximum atomic E-state index is 12.3. The van der Waals surface area contributed by atoms with E-state index in [-0.39, 0.29) is 13.3 Å². The minimum Gasteiger partial charge on any atom is -0.355 e. The third-order valence-corrected chi connectivity index (χ3v) is 3.96. The number of aryl methyl sites for hydroxylation is 2. The summed E-state index contributed by atoms with van der Waals surface area (Å²) in [6.07, 6.45) is 4.66. The van der Waals surface area contributed by atoms with Crippen LogP contribution in [0.2, 0.25) is 0 Å². The highest BCUT2D eigenvalue weighted by Crippen LogP contribution is 2.26.